The van der Waals surface area contributed by atoms with E-state index in [4.69, 9.17) is 4.98 Å². The summed E-state index contributed by atoms with van der Waals surface area (Å²) in [6.45, 7) is 13.1. The maximum atomic E-state index is 13.2. The molecule has 29 heavy (non-hydrogen) atoms. The van der Waals surface area contributed by atoms with Gasteiger partial charge in [0, 0.05) is 19.3 Å². The van der Waals surface area contributed by atoms with Crippen LogP contribution >= 0.6 is 0 Å². The van der Waals surface area contributed by atoms with Gasteiger partial charge in [-0.15, -0.1) is 0 Å². The molecule has 0 bridgehead atoms. The minimum absolute atomic E-state index is 0.239. The van der Waals surface area contributed by atoms with E-state index in [2.05, 4.69) is 50.7 Å². The van der Waals surface area contributed by atoms with Crippen LogP contribution in [0.5, 0.6) is 0 Å². The lowest BCUT2D eigenvalue weighted by atomic mass is 10.0. The van der Waals surface area contributed by atoms with Crippen LogP contribution in [0, 0.1) is 11.7 Å². The van der Waals surface area contributed by atoms with Gasteiger partial charge in [-0.25, -0.2) is 14.4 Å². The number of anilines is 2. The Bertz CT molecular complexity index is 882. The zero-order valence-corrected chi connectivity index (χ0v) is 18.0. The predicted octanol–water partition coefficient (Wildman–Crippen LogP) is 6.20. The average Bonchev–Trinajstić information content (AvgIpc) is 2.68. The third-order valence-corrected chi connectivity index (χ3v) is 4.59. The molecule has 2 rings (SSSR count). The SMILES string of the molecule is C=C(/C=C(\C)C(C)C)Nc1cnc(/C=C/CC)c(N(C)Cc2ccc(F)cc2)n1. The number of rotatable bonds is 9. The molecule has 1 heterocycles. The predicted molar refractivity (Wildman–Crippen MR) is 121 cm³/mol. The molecule has 0 spiro atoms. The Kier molecular flexibility index (Phi) is 8.13. The lowest BCUT2D eigenvalue weighted by Gasteiger charge is -2.21. The van der Waals surface area contributed by atoms with Gasteiger partial charge in [0.1, 0.15) is 11.5 Å². The van der Waals surface area contributed by atoms with Crippen LogP contribution in [0.15, 0.2) is 60.5 Å². The van der Waals surface area contributed by atoms with Gasteiger partial charge in [0.25, 0.3) is 0 Å². The second kappa shape index (κ2) is 10.6. The Labute approximate surface area is 173 Å². The molecule has 154 valence electrons. The van der Waals surface area contributed by atoms with Crippen LogP contribution in [0.25, 0.3) is 6.08 Å². The fraction of sp³-hybridized carbons (Fsp3) is 0.333. The molecule has 1 aromatic heterocycles. The highest BCUT2D eigenvalue weighted by molar-refractivity contribution is 5.63. The fourth-order valence-electron chi connectivity index (χ4n) is 2.66. The molecule has 0 fully saturated rings. The number of benzene rings is 1. The standard InChI is InChI=1S/C24H31FN4/c1-7-8-9-22-24(29(6)16-20-10-12-21(25)13-11-20)28-23(15-26-22)27-19(5)14-18(4)17(2)3/h8-15,17H,5,7,16H2,1-4,6H3,(H,27,28)/b9-8+,18-14+. The molecule has 0 saturated carbocycles. The van der Waals surface area contributed by atoms with Gasteiger partial charge in [-0.2, -0.15) is 0 Å². The van der Waals surface area contributed by atoms with Crippen molar-refractivity contribution >= 4 is 17.7 Å². The minimum atomic E-state index is -0.239. The number of nitrogens with zero attached hydrogens (tertiary/aromatic N) is 3. The summed E-state index contributed by atoms with van der Waals surface area (Å²) in [4.78, 5) is 11.4. The summed E-state index contributed by atoms with van der Waals surface area (Å²) < 4.78 is 13.2. The Morgan fingerprint density at radius 2 is 1.97 bits per heavy atom. The maximum Gasteiger partial charge on any atom is 0.157 e. The van der Waals surface area contributed by atoms with Crippen molar-refractivity contribution in [2.75, 3.05) is 17.3 Å². The van der Waals surface area contributed by atoms with E-state index < -0.39 is 0 Å². The Morgan fingerprint density at radius 1 is 1.28 bits per heavy atom. The number of hydrogen-bond acceptors (Lipinski definition) is 4. The third-order valence-electron chi connectivity index (χ3n) is 4.59. The zero-order valence-electron chi connectivity index (χ0n) is 18.0. The van der Waals surface area contributed by atoms with Crippen molar-refractivity contribution in [3.63, 3.8) is 0 Å². The molecule has 0 radical (unpaired) electrons. The van der Waals surface area contributed by atoms with E-state index in [0.717, 1.165) is 29.2 Å². The second-order valence-corrected chi connectivity index (χ2v) is 7.45. The van der Waals surface area contributed by atoms with Gasteiger partial charge in [-0.1, -0.05) is 51.1 Å². The topological polar surface area (TPSA) is 41.1 Å². The first-order chi connectivity index (χ1) is 13.8. The second-order valence-electron chi connectivity index (χ2n) is 7.45. The van der Waals surface area contributed by atoms with Crippen LogP contribution in [0.2, 0.25) is 0 Å². The molecular weight excluding hydrogens is 363 g/mol. The lowest BCUT2D eigenvalue weighted by molar-refractivity contribution is 0.627. The molecule has 0 unspecified atom stereocenters. The van der Waals surface area contributed by atoms with Gasteiger partial charge in [-0.05, 0) is 49.1 Å². The van der Waals surface area contributed by atoms with Crippen molar-refractivity contribution in [3.8, 4) is 0 Å². The van der Waals surface area contributed by atoms with Gasteiger partial charge in [0.2, 0.25) is 0 Å². The molecule has 0 aliphatic heterocycles. The van der Waals surface area contributed by atoms with Crippen LogP contribution in [-0.4, -0.2) is 17.0 Å². The first kappa shape index (κ1) is 22.3. The quantitative estimate of drug-likeness (QED) is 0.514. The maximum absolute atomic E-state index is 13.2. The van der Waals surface area contributed by atoms with E-state index in [0.29, 0.717) is 18.3 Å². The molecule has 2 aromatic rings. The van der Waals surface area contributed by atoms with Crippen LogP contribution < -0.4 is 10.2 Å². The third kappa shape index (κ3) is 6.86. The molecule has 1 N–H and O–H groups in total. The molecule has 0 saturated heterocycles. The molecule has 5 heteroatoms. The van der Waals surface area contributed by atoms with Crippen molar-refractivity contribution in [3.05, 3.63) is 77.5 Å². The van der Waals surface area contributed by atoms with Gasteiger partial charge in [-0.3, -0.25) is 0 Å². The summed E-state index contributed by atoms with van der Waals surface area (Å²) >= 11 is 0. The molecule has 1 aromatic carbocycles. The van der Waals surface area contributed by atoms with Crippen LogP contribution in [0.3, 0.4) is 0 Å². The van der Waals surface area contributed by atoms with Crippen LogP contribution in [0.1, 0.15) is 45.4 Å². The van der Waals surface area contributed by atoms with Crippen molar-refractivity contribution in [1.29, 1.82) is 0 Å². The van der Waals surface area contributed by atoms with Crippen molar-refractivity contribution in [2.24, 2.45) is 5.92 Å². The summed E-state index contributed by atoms with van der Waals surface area (Å²) in [5, 5.41) is 3.23. The molecule has 0 atom stereocenters. The number of halogens is 1. The first-order valence-electron chi connectivity index (χ1n) is 9.93. The Hall–Kier alpha value is -2.95. The van der Waals surface area contributed by atoms with E-state index in [1.807, 2.05) is 24.1 Å². The normalized spacial score (nSPS) is 11.9. The van der Waals surface area contributed by atoms with Crippen LogP contribution in [-0.2, 0) is 6.54 Å². The average molecular weight is 395 g/mol. The summed E-state index contributed by atoms with van der Waals surface area (Å²) in [5.74, 6) is 1.61. The Balaban J connectivity index is 2.28. The van der Waals surface area contributed by atoms with Gasteiger partial charge >= 0.3 is 0 Å². The summed E-state index contributed by atoms with van der Waals surface area (Å²) in [6.07, 6.45) is 8.69. The van der Waals surface area contributed by atoms with Gasteiger partial charge < -0.3 is 10.2 Å². The van der Waals surface area contributed by atoms with Crippen molar-refractivity contribution in [1.82, 2.24) is 9.97 Å². The van der Waals surface area contributed by atoms with Gasteiger partial charge in [0.05, 0.1) is 6.20 Å². The number of allylic oxidation sites excluding steroid dienone is 3. The largest absolute Gasteiger partial charge is 0.353 e. The summed E-state index contributed by atoms with van der Waals surface area (Å²) in [5.41, 5.74) is 3.81. The van der Waals surface area contributed by atoms with E-state index >= 15 is 0 Å². The monoisotopic (exact) mass is 394 g/mol. The summed E-state index contributed by atoms with van der Waals surface area (Å²) in [7, 11) is 1.96. The molecule has 0 amide bonds. The minimum Gasteiger partial charge on any atom is -0.353 e. The van der Waals surface area contributed by atoms with Crippen LogP contribution in [0.4, 0.5) is 16.0 Å². The van der Waals surface area contributed by atoms with E-state index in [9.17, 15) is 4.39 Å². The zero-order chi connectivity index (χ0) is 21.4. The van der Waals surface area contributed by atoms with E-state index in [1.54, 1.807) is 18.3 Å². The van der Waals surface area contributed by atoms with Gasteiger partial charge in [0.15, 0.2) is 11.6 Å². The number of hydrogen-bond donors (Lipinski definition) is 1. The molecule has 0 aliphatic rings. The fourth-order valence-corrected chi connectivity index (χ4v) is 2.66. The smallest absolute Gasteiger partial charge is 0.157 e. The summed E-state index contributed by atoms with van der Waals surface area (Å²) in [6, 6.07) is 6.50. The molecule has 0 aliphatic carbocycles. The molecule has 4 nitrogen and oxygen atoms in total. The highest BCUT2D eigenvalue weighted by Crippen LogP contribution is 2.22. The Morgan fingerprint density at radius 3 is 2.59 bits per heavy atom. The van der Waals surface area contributed by atoms with Crippen molar-refractivity contribution < 1.29 is 4.39 Å². The molecular formula is C24H31FN4. The van der Waals surface area contributed by atoms with E-state index in [-0.39, 0.29) is 5.82 Å². The lowest BCUT2D eigenvalue weighted by Crippen LogP contribution is -2.20. The number of aromatic nitrogens is 2. The highest BCUT2D eigenvalue weighted by atomic mass is 19.1. The number of nitrogens with one attached hydrogen (secondary N) is 1. The first-order valence-corrected chi connectivity index (χ1v) is 9.93. The highest BCUT2D eigenvalue weighted by Gasteiger charge is 2.12. The van der Waals surface area contributed by atoms with Crippen molar-refractivity contribution in [2.45, 2.75) is 40.7 Å². The van der Waals surface area contributed by atoms with E-state index in [1.165, 1.54) is 17.7 Å².